The Balaban J connectivity index is 5.08. The van der Waals surface area contributed by atoms with Gasteiger partial charge in [-0.1, -0.05) is 12.7 Å². The largest absolute Gasteiger partial charge is 0.240 e. The first-order valence-electron chi connectivity index (χ1n) is 4.46. The molecule has 3 nitrogen and oxygen atoms in total. The molecule has 0 aliphatic rings. The Labute approximate surface area is 87.0 Å². The predicted molar refractivity (Wildman–Crippen MR) is 60.4 cm³/mol. The molecular formula is C10H19NO2S. The Morgan fingerprint density at radius 1 is 1.36 bits per heavy atom. The van der Waals surface area contributed by atoms with Gasteiger partial charge in [0.05, 0.1) is 4.91 Å². The number of hydrogen-bond acceptors (Lipinski definition) is 2. The lowest BCUT2D eigenvalue weighted by molar-refractivity contribution is 0.495. The van der Waals surface area contributed by atoms with Gasteiger partial charge < -0.3 is 0 Å². The normalized spacial score (nSPS) is 14.2. The van der Waals surface area contributed by atoms with E-state index in [2.05, 4.69) is 11.3 Å². The SMILES string of the molecule is C=C(C)/C(=C\C)S(=O)(=O)NC(C)(C)C. The zero-order valence-electron chi connectivity index (χ0n) is 9.51. The number of hydrogen-bond donors (Lipinski definition) is 1. The van der Waals surface area contributed by atoms with Crippen LogP contribution < -0.4 is 4.72 Å². The van der Waals surface area contributed by atoms with E-state index >= 15 is 0 Å². The van der Waals surface area contributed by atoms with Crippen LogP contribution in [0.25, 0.3) is 0 Å². The second-order valence-electron chi connectivity index (χ2n) is 4.29. The van der Waals surface area contributed by atoms with E-state index in [1.54, 1.807) is 40.7 Å². The molecule has 0 aromatic rings. The van der Waals surface area contributed by atoms with Crippen LogP contribution in [-0.2, 0) is 10.0 Å². The molecule has 4 heteroatoms. The third-order valence-corrected chi connectivity index (χ3v) is 3.46. The van der Waals surface area contributed by atoms with E-state index in [1.165, 1.54) is 0 Å². The maximum Gasteiger partial charge on any atom is 0.240 e. The van der Waals surface area contributed by atoms with Crippen molar-refractivity contribution in [1.82, 2.24) is 4.72 Å². The van der Waals surface area contributed by atoms with Gasteiger partial charge in [-0.2, -0.15) is 0 Å². The number of sulfonamides is 1. The van der Waals surface area contributed by atoms with Crippen LogP contribution >= 0.6 is 0 Å². The van der Waals surface area contributed by atoms with Crippen LogP contribution in [0.2, 0.25) is 0 Å². The molecule has 0 radical (unpaired) electrons. The third kappa shape index (κ3) is 4.07. The first-order valence-corrected chi connectivity index (χ1v) is 5.94. The standard InChI is InChI=1S/C10H19NO2S/c1-7-9(8(2)3)14(12,13)11-10(4,5)6/h7,11H,2H2,1,3-6H3/b9-7+. The summed E-state index contributed by atoms with van der Waals surface area (Å²) in [5, 5.41) is 0. The van der Waals surface area contributed by atoms with Crippen LogP contribution in [0.3, 0.4) is 0 Å². The summed E-state index contributed by atoms with van der Waals surface area (Å²) in [6.07, 6.45) is 1.55. The summed E-state index contributed by atoms with van der Waals surface area (Å²) in [6, 6.07) is 0. The molecule has 0 amide bonds. The van der Waals surface area contributed by atoms with Gasteiger partial charge in [-0.05, 0) is 40.2 Å². The van der Waals surface area contributed by atoms with E-state index in [-0.39, 0.29) is 4.91 Å². The summed E-state index contributed by atoms with van der Waals surface area (Å²) < 4.78 is 26.1. The molecule has 0 aromatic carbocycles. The smallest absolute Gasteiger partial charge is 0.207 e. The van der Waals surface area contributed by atoms with E-state index in [0.29, 0.717) is 5.57 Å². The molecule has 0 unspecified atom stereocenters. The van der Waals surface area contributed by atoms with Gasteiger partial charge >= 0.3 is 0 Å². The van der Waals surface area contributed by atoms with Crippen molar-refractivity contribution in [2.45, 2.75) is 40.2 Å². The van der Waals surface area contributed by atoms with E-state index in [0.717, 1.165) is 0 Å². The molecule has 0 heterocycles. The summed E-state index contributed by atoms with van der Waals surface area (Å²) in [5.41, 5.74) is 0.0759. The van der Waals surface area contributed by atoms with Crippen LogP contribution in [0.15, 0.2) is 23.1 Å². The van der Waals surface area contributed by atoms with Crippen molar-refractivity contribution in [3.05, 3.63) is 23.1 Å². The van der Waals surface area contributed by atoms with E-state index in [9.17, 15) is 8.42 Å². The van der Waals surface area contributed by atoms with Crippen molar-refractivity contribution >= 4 is 10.0 Å². The molecule has 0 aliphatic heterocycles. The average molecular weight is 217 g/mol. The van der Waals surface area contributed by atoms with Crippen LogP contribution in [0.5, 0.6) is 0 Å². The summed E-state index contributed by atoms with van der Waals surface area (Å²) in [5.74, 6) is 0. The molecule has 0 aromatic heterocycles. The highest BCUT2D eigenvalue weighted by Gasteiger charge is 2.23. The Kier molecular flexibility index (Phi) is 4.09. The van der Waals surface area contributed by atoms with Gasteiger partial charge in [0.15, 0.2) is 0 Å². The van der Waals surface area contributed by atoms with E-state index in [4.69, 9.17) is 0 Å². The average Bonchev–Trinajstić information content (AvgIpc) is 1.79. The van der Waals surface area contributed by atoms with Crippen molar-refractivity contribution in [3.63, 3.8) is 0 Å². The molecule has 0 spiro atoms. The van der Waals surface area contributed by atoms with Crippen LogP contribution in [-0.4, -0.2) is 14.0 Å². The highest BCUT2D eigenvalue weighted by atomic mass is 32.2. The van der Waals surface area contributed by atoms with Crippen LogP contribution in [0.4, 0.5) is 0 Å². The molecule has 0 rings (SSSR count). The third-order valence-electron chi connectivity index (χ3n) is 1.41. The van der Waals surface area contributed by atoms with Crippen molar-refractivity contribution in [2.75, 3.05) is 0 Å². The maximum atomic E-state index is 11.8. The number of allylic oxidation sites excluding steroid dienone is 2. The van der Waals surface area contributed by atoms with Crippen molar-refractivity contribution < 1.29 is 8.42 Å². The predicted octanol–water partition coefficient (Wildman–Crippen LogP) is 2.18. The van der Waals surface area contributed by atoms with Crippen molar-refractivity contribution in [3.8, 4) is 0 Å². The summed E-state index contributed by atoms with van der Waals surface area (Å²) in [6.45, 7) is 12.4. The second-order valence-corrected chi connectivity index (χ2v) is 5.94. The highest BCUT2D eigenvalue weighted by Crippen LogP contribution is 2.16. The van der Waals surface area contributed by atoms with Gasteiger partial charge in [-0.25, -0.2) is 13.1 Å². The number of nitrogens with one attached hydrogen (secondary N) is 1. The fourth-order valence-electron chi connectivity index (χ4n) is 1.09. The lowest BCUT2D eigenvalue weighted by atomic mass is 10.1. The molecule has 0 fully saturated rings. The second kappa shape index (κ2) is 4.28. The van der Waals surface area contributed by atoms with E-state index < -0.39 is 15.6 Å². The fourth-order valence-corrected chi connectivity index (χ4v) is 2.77. The van der Waals surface area contributed by atoms with Gasteiger partial charge in [0.1, 0.15) is 0 Å². The zero-order valence-corrected chi connectivity index (χ0v) is 10.3. The van der Waals surface area contributed by atoms with E-state index in [1.807, 2.05) is 0 Å². The molecule has 0 saturated carbocycles. The Bertz CT molecular complexity index is 345. The molecule has 0 saturated heterocycles. The Morgan fingerprint density at radius 2 is 1.79 bits per heavy atom. The first-order chi connectivity index (χ1) is 6.10. The monoisotopic (exact) mass is 217 g/mol. The molecule has 0 aliphatic carbocycles. The van der Waals surface area contributed by atoms with Gasteiger partial charge in [0.25, 0.3) is 0 Å². The quantitative estimate of drug-likeness (QED) is 0.736. The maximum absolute atomic E-state index is 11.8. The summed E-state index contributed by atoms with van der Waals surface area (Å²) in [4.78, 5) is 0.257. The highest BCUT2D eigenvalue weighted by molar-refractivity contribution is 7.93. The Hall–Kier alpha value is -0.610. The lowest BCUT2D eigenvalue weighted by Gasteiger charge is -2.21. The Morgan fingerprint density at radius 3 is 2.00 bits per heavy atom. The molecule has 0 bridgehead atoms. The van der Waals surface area contributed by atoms with Crippen molar-refractivity contribution in [2.24, 2.45) is 0 Å². The topological polar surface area (TPSA) is 46.2 Å². The minimum absolute atomic E-state index is 0.257. The molecule has 82 valence electrons. The number of rotatable bonds is 3. The molecule has 14 heavy (non-hydrogen) atoms. The molecule has 0 atom stereocenters. The minimum atomic E-state index is -3.42. The first kappa shape index (κ1) is 13.4. The van der Waals surface area contributed by atoms with Gasteiger partial charge in [0, 0.05) is 5.54 Å². The lowest BCUT2D eigenvalue weighted by Crippen LogP contribution is -2.41. The minimum Gasteiger partial charge on any atom is -0.207 e. The summed E-state index contributed by atoms with van der Waals surface area (Å²) in [7, 11) is -3.42. The zero-order chi connectivity index (χ0) is 11.6. The molecular weight excluding hydrogens is 198 g/mol. The van der Waals surface area contributed by atoms with Gasteiger partial charge in [0.2, 0.25) is 10.0 Å². The molecule has 1 N–H and O–H groups in total. The van der Waals surface area contributed by atoms with Crippen molar-refractivity contribution in [1.29, 1.82) is 0 Å². The van der Waals surface area contributed by atoms with Gasteiger partial charge in [-0.15, -0.1) is 0 Å². The van der Waals surface area contributed by atoms with Crippen LogP contribution in [0.1, 0.15) is 34.6 Å². The fraction of sp³-hybridized carbons (Fsp3) is 0.600. The van der Waals surface area contributed by atoms with Crippen LogP contribution in [0, 0.1) is 0 Å². The summed E-state index contributed by atoms with van der Waals surface area (Å²) >= 11 is 0. The van der Waals surface area contributed by atoms with Gasteiger partial charge in [-0.3, -0.25) is 0 Å².